The number of anilines is 1. The number of rotatable bonds is 6. The number of amides is 1. The van der Waals surface area contributed by atoms with Crippen LogP contribution in [0.1, 0.15) is 26.4 Å². The monoisotopic (exact) mass is 355 g/mol. The van der Waals surface area contributed by atoms with Crippen LogP contribution >= 0.6 is 0 Å². The zero-order chi connectivity index (χ0) is 18.7. The molecule has 2 aromatic heterocycles. The van der Waals surface area contributed by atoms with Gasteiger partial charge in [-0.05, 0) is 17.7 Å². The molecular formula is C17H17N5O4. The summed E-state index contributed by atoms with van der Waals surface area (Å²) in [6, 6.07) is 7.58. The number of benzene rings is 1. The molecular weight excluding hydrogens is 338 g/mol. The second kappa shape index (κ2) is 7.09. The summed E-state index contributed by atoms with van der Waals surface area (Å²) in [7, 11) is 3.07. The zero-order valence-electron chi connectivity index (χ0n) is 14.2. The van der Waals surface area contributed by atoms with Gasteiger partial charge in [-0.3, -0.25) is 14.2 Å². The van der Waals surface area contributed by atoms with Crippen LogP contribution in [0.2, 0.25) is 0 Å². The maximum Gasteiger partial charge on any atom is 0.354 e. The Morgan fingerprint density at radius 2 is 2.08 bits per heavy atom. The van der Waals surface area contributed by atoms with E-state index in [0.717, 1.165) is 16.0 Å². The number of methoxy groups -OCH3 is 1. The summed E-state index contributed by atoms with van der Waals surface area (Å²) in [6.07, 6.45) is 4.38. The van der Waals surface area contributed by atoms with Crippen LogP contribution in [0.4, 0.5) is 5.69 Å². The third kappa shape index (κ3) is 3.56. The SMILES string of the molecule is COc1cccc(Cn2cc(NC(=O)c3cnn(C)c3C(=O)O)cn2)c1. The Labute approximate surface area is 148 Å². The molecule has 0 radical (unpaired) electrons. The van der Waals surface area contributed by atoms with Gasteiger partial charge in [-0.1, -0.05) is 12.1 Å². The van der Waals surface area contributed by atoms with Crippen molar-refractivity contribution in [3.8, 4) is 5.75 Å². The number of aromatic carboxylic acids is 1. The third-order valence-corrected chi connectivity index (χ3v) is 3.76. The molecule has 0 spiro atoms. The summed E-state index contributed by atoms with van der Waals surface area (Å²) in [5.41, 5.74) is 1.26. The Morgan fingerprint density at radius 3 is 2.81 bits per heavy atom. The highest BCUT2D eigenvalue weighted by Crippen LogP contribution is 2.15. The van der Waals surface area contributed by atoms with Crippen molar-refractivity contribution < 1.29 is 19.4 Å². The minimum Gasteiger partial charge on any atom is -0.497 e. The lowest BCUT2D eigenvalue weighted by Gasteiger charge is -2.05. The van der Waals surface area contributed by atoms with Crippen LogP contribution in [0.15, 0.2) is 42.9 Å². The van der Waals surface area contributed by atoms with Gasteiger partial charge in [-0.2, -0.15) is 10.2 Å². The number of aromatic nitrogens is 4. The van der Waals surface area contributed by atoms with E-state index in [1.165, 1.54) is 19.4 Å². The molecule has 134 valence electrons. The summed E-state index contributed by atoms with van der Waals surface area (Å²) >= 11 is 0. The van der Waals surface area contributed by atoms with E-state index < -0.39 is 11.9 Å². The quantitative estimate of drug-likeness (QED) is 0.695. The number of carbonyl (C=O) groups is 2. The number of aryl methyl sites for hydroxylation is 1. The van der Waals surface area contributed by atoms with Gasteiger partial charge in [0.2, 0.25) is 0 Å². The Bertz CT molecular complexity index is 960. The molecule has 2 N–H and O–H groups in total. The molecule has 0 unspecified atom stereocenters. The van der Waals surface area contributed by atoms with E-state index in [1.807, 2.05) is 24.3 Å². The molecule has 0 fully saturated rings. The fourth-order valence-electron chi connectivity index (χ4n) is 2.53. The van der Waals surface area contributed by atoms with Crippen LogP contribution < -0.4 is 10.1 Å². The molecule has 0 saturated heterocycles. The molecule has 0 atom stereocenters. The predicted molar refractivity (Wildman–Crippen MR) is 92.4 cm³/mol. The topological polar surface area (TPSA) is 111 Å². The first kappa shape index (κ1) is 17.2. The van der Waals surface area contributed by atoms with Crippen molar-refractivity contribution in [3.63, 3.8) is 0 Å². The highest BCUT2D eigenvalue weighted by molar-refractivity contribution is 6.09. The molecule has 0 bridgehead atoms. The summed E-state index contributed by atoms with van der Waals surface area (Å²) < 4.78 is 7.99. The Hall–Kier alpha value is -3.62. The van der Waals surface area contributed by atoms with Crippen molar-refractivity contribution in [3.05, 3.63) is 59.7 Å². The van der Waals surface area contributed by atoms with Crippen LogP contribution in [0.5, 0.6) is 5.75 Å². The van der Waals surface area contributed by atoms with E-state index in [1.54, 1.807) is 18.0 Å². The van der Waals surface area contributed by atoms with Crippen molar-refractivity contribution in [1.82, 2.24) is 19.6 Å². The zero-order valence-corrected chi connectivity index (χ0v) is 14.2. The minimum absolute atomic E-state index is 0.0134. The first-order valence-electron chi connectivity index (χ1n) is 7.70. The van der Waals surface area contributed by atoms with Gasteiger partial charge in [0.05, 0.1) is 37.3 Å². The van der Waals surface area contributed by atoms with Gasteiger partial charge in [0.15, 0.2) is 5.69 Å². The maximum absolute atomic E-state index is 12.3. The van der Waals surface area contributed by atoms with Crippen molar-refractivity contribution >= 4 is 17.6 Å². The molecule has 0 aliphatic carbocycles. The average Bonchev–Trinajstić information content (AvgIpc) is 3.21. The smallest absolute Gasteiger partial charge is 0.354 e. The lowest BCUT2D eigenvalue weighted by atomic mass is 10.2. The summed E-state index contributed by atoms with van der Waals surface area (Å²) in [4.78, 5) is 23.6. The molecule has 3 rings (SSSR count). The van der Waals surface area contributed by atoms with Crippen LogP contribution in [-0.2, 0) is 13.6 Å². The van der Waals surface area contributed by atoms with E-state index in [4.69, 9.17) is 4.74 Å². The Kier molecular flexibility index (Phi) is 4.70. The minimum atomic E-state index is -1.22. The molecule has 9 heteroatoms. The van der Waals surface area contributed by atoms with Gasteiger partial charge in [-0.15, -0.1) is 0 Å². The van der Waals surface area contributed by atoms with Gasteiger partial charge in [0.1, 0.15) is 5.75 Å². The lowest BCUT2D eigenvalue weighted by Crippen LogP contribution is -2.16. The summed E-state index contributed by atoms with van der Waals surface area (Å²) in [6.45, 7) is 0.500. The van der Waals surface area contributed by atoms with Crippen LogP contribution in [0.25, 0.3) is 0 Å². The normalized spacial score (nSPS) is 10.5. The standard InChI is InChI=1S/C17H17N5O4/c1-21-15(17(24)25)14(8-18-21)16(23)20-12-7-19-22(10-12)9-11-4-3-5-13(6-11)26-2/h3-8,10H,9H2,1-2H3,(H,20,23)(H,24,25). The molecule has 3 aromatic rings. The van der Waals surface area contributed by atoms with Gasteiger partial charge >= 0.3 is 5.97 Å². The Morgan fingerprint density at radius 1 is 1.27 bits per heavy atom. The number of nitrogens with one attached hydrogen (secondary N) is 1. The first-order chi connectivity index (χ1) is 12.5. The number of hydrogen-bond donors (Lipinski definition) is 2. The number of carbonyl (C=O) groups excluding carboxylic acids is 1. The Balaban J connectivity index is 1.72. The van der Waals surface area contributed by atoms with Crippen molar-refractivity contribution in [1.29, 1.82) is 0 Å². The largest absolute Gasteiger partial charge is 0.497 e. The van der Waals surface area contributed by atoms with E-state index >= 15 is 0 Å². The third-order valence-electron chi connectivity index (χ3n) is 3.76. The van der Waals surface area contributed by atoms with Gasteiger partial charge in [0.25, 0.3) is 5.91 Å². The average molecular weight is 355 g/mol. The predicted octanol–water partition coefficient (Wildman–Crippen LogP) is 1.62. The van der Waals surface area contributed by atoms with E-state index in [0.29, 0.717) is 12.2 Å². The summed E-state index contributed by atoms with van der Waals surface area (Å²) in [5, 5.41) is 19.8. The van der Waals surface area contributed by atoms with Crippen molar-refractivity contribution in [2.75, 3.05) is 12.4 Å². The number of nitrogens with zero attached hydrogens (tertiary/aromatic N) is 4. The number of hydrogen-bond acceptors (Lipinski definition) is 5. The molecule has 0 aliphatic heterocycles. The molecule has 0 saturated carbocycles. The first-order valence-corrected chi connectivity index (χ1v) is 7.70. The highest BCUT2D eigenvalue weighted by Gasteiger charge is 2.21. The van der Waals surface area contributed by atoms with E-state index in [9.17, 15) is 14.7 Å². The molecule has 26 heavy (non-hydrogen) atoms. The lowest BCUT2D eigenvalue weighted by molar-refractivity contribution is 0.0680. The number of carboxylic acid groups (broad SMARTS) is 1. The number of ether oxygens (including phenoxy) is 1. The second-order valence-corrected chi connectivity index (χ2v) is 5.57. The molecule has 1 aromatic carbocycles. The van der Waals surface area contributed by atoms with Gasteiger partial charge in [0, 0.05) is 13.2 Å². The molecule has 2 heterocycles. The maximum atomic E-state index is 12.3. The van der Waals surface area contributed by atoms with Crippen LogP contribution in [0.3, 0.4) is 0 Å². The van der Waals surface area contributed by atoms with Gasteiger partial charge in [-0.25, -0.2) is 4.79 Å². The van der Waals surface area contributed by atoms with E-state index in [2.05, 4.69) is 15.5 Å². The van der Waals surface area contributed by atoms with Crippen LogP contribution in [0, 0.1) is 0 Å². The van der Waals surface area contributed by atoms with Crippen molar-refractivity contribution in [2.45, 2.75) is 6.54 Å². The molecule has 1 amide bonds. The fourth-order valence-corrected chi connectivity index (χ4v) is 2.53. The molecule has 0 aliphatic rings. The van der Waals surface area contributed by atoms with Crippen molar-refractivity contribution in [2.24, 2.45) is 7.05 Å². The fraction of sp³-hybridized carbons (Fsp3) is 0.176. The van der Waals surface area contributed by atoms with Crippen LogP contribution in [-0.4, -0.2) is 43.7 Å². The highest BCUT2D eigenvalue weighted by atomic mass is 16.5. The molecule has 9 nitrogen and oxygen atoms in total. The summed E-state index contributed by atoms with van der Waals surface area (Å²) in [5.74, 6) is -1.03. The second-order valence-electron chi connectivity index (χ2n) is 5.57. The van der Waals surface area contributed by atoms with Gasteiger partial charge < -0.3 is 15.2 Å². The van der Waals surface area contributed by atoms with E-state index in [-0.39, 0.29) is 11.3 Å². The number of carboxylic acids is 1.